The van der Waals surface area contributed by atoms with Crippen LogP contribution in [0.1, 0.15) is 17.3 Å². The van der Waals surface area contributed by atoms with Gasteiger partial charge in [-0.15, -0.1) is 0 Å². The third-order valence-corrected chi connectivity index (χ3v) is 5.36. The molecule has 184 valence electrons. The van der Waals surface area contributed by atoms with Gasteiger partial charge in [-0.2, -0.15) is 5.10 Å². The number of urea groups is 1. The van der Waals surface area contributed by atoms with Crippen molar-refractivity contribution >= 4 is 23.3 Å². The number of hydrogen-bond acceptors (Lipinski definition) is 5. The van der Waals surface area contributed by atoms with Gasteiger partial charge in [0.15, 0.2) is 0 Å². The summed E-state index contributed by atoms with van der Waals surface area (Å²) in [6, 6.07) is 21.4. The van der Waals surface area contributed by atoms with Gasteiger partial charge >= 0.3 is 6.03 Å². The smallest absolute Gasteiger partial charge is 0.319 e. The number of amides is 3. The molecule has 36 heavy (non-hydrogen) atoms. The van der Waals surface area contributed by atoms with Crippen LogP contribution in [0.2, 0.25) is 0 Å². The third kappa shape index (κ3) is 5.47. The number of anilines is 2. The Bertz CT molecular complexity index is 1370. The molecule has 0 bridgehead atoms. The van der Waals surface area contributed by atoms with Crippen LogP contribution in [0.4, 0.5) is 16.2 Å². The summed E-state index contributed by atoms with van der Waals surface area (Å²) in [6.45, 7) is 2.34. The van der Waals surface area contributed by atoms with Crippen molar-refractivity contribution in [2.75, 3.05) is 31.4 Å². The summed E-state index contributed by atoms with van der Waals surface area (Å²) in [5.41, 5.74) is 3.26. The summed E-state index contributed by atoms with van der Waals surface area (Å²) in [7, 11) is 3.13. The second kappa shape index (κ2) is 11.1. The van der Waals surface area contributed by atoms with E-state index in [0.29, 0.717) is 46.2 Å². The summed E-state index contributed by atoms with van der Waals surface area (Å²) < 4.78 is 12.6. The third-order valence-electron chi connectivity index (χ3n) is 5.36. The second-order valence-electron chi connectivity index (χ2n) is 7.76. The van der Waals surface area contributed by atoms with E-state index in [1.165, 1.54) is 0 Å². The predicted octanol–water partition coefficient (Wildman–Crippen LogP) is 4.95. The molecule has 0 radical (unpaired) electrons. The largest absolute Gasteiger partial charge is 0.497 e. The molecular formula is C27H27N5O4. The van der Waals surface area contributed by atoms with Crippen LogP contribution in [0.25, 0.3) is 16.9 Å². The van der Waals surface area contributed by atoms with E-state index < -0.39 is 0 Å². The Morgan fingerprint density at radius 2 is 1.64 bits per heavy atom. The minimum Gasteiger partial charge on any atom is -0.497 e. The van der Waals surface area contributed by atoms with Crippen molar-refractivity contribution in [1.82, 2.24) is 15.1 Å². The van der Waals surface area contributed by atoms with Crippen LogP contribution in [-0.4, -0.2) is 42.5 Å². The molecule has 4 rings (SSSR count). The molecule has 0 aliphatic rings. The molecule has 0 aliphatic heterocycles. The number of rotatable bonds is 8. The maximum Gasteiger partial charge on any atom is 0.319 e. The minimum absolute atomic E-state index is 0.322. The van der Waals surface area contributed by atoms with E-state index in [2.05, 4.69) is 16.0 Å². The molecule has 0 spiro atoms. The average molecular weight is 486 g/mol. The lowest BCUT2D eigenvalue weighted by molar-refractivity contribution is 0.102. The van der Waals surface area contributed by atoms with E-state index in [1.807, 2.05) is 37.3 Å². The summed E-state index contributed by atoms with van der Waals surface area (Å²) in [5, 5.41) is 13.1. The second-order valence-corrected chi connectivity index (χ2v) is 7.76. The van der Waals surface area contributed by atoms with Crippen molar-refractivity contribution < 1.29 is 19.1 Å². The number of para-hydroxylation sites is 1. The lowest BCUT2D eigenvalue weighted by Crippen LogP contribution is -2.28. The lowest BCUT2D eigenvalue weighted by atomic mass is 10.1. The van der Waals surface area contributed by atoms with Crippen molar-refractivity contribution in [3.05, 3.63) is 84.6 Å². The molecule has 0 aliphatic carbocycles. The molecule has 0 saturated heterocycles. The number of hydrogen-bond donors (Lipinski definition) is 3. The van der Waals surface area contributed by atoms with Crippen molar-refractivity contribution in [3.8, 4) is 28.4 Å². The first-order valence-electron chi connectivity index (χ1n) is 11.4. The van der Waals surface area contributed by atoms with E-state index in [4.69, 9.17) is 14.6 Å². The maximum atomic E-state index is 13.5. The highest BCUT2D eigenvalue weighted by molar-refractivity contribution is 6.08. The fourth-order valence-electron chi connectivity index (χ4n) is 3.66. The Balaban J connectivity index is 1.72. The number of aromatic nitrogens is 2. The molecule has 1 aromatic heterocycles. The zero-order valence-electron chi connectivity index (χ0n) is 20.2. The highest BCUT2D eigenvalue weighted by atomic mass is 16.5. The molecule has 0 atom stereocenters. The summed E-state index contributed by atoms with van der Waals surface area (Å²) in [5.74, 6) is 0.791. The number of nitrogens with zero attached hydrogens (tertiary/aromatic N) is 2. The molecule has 1 heterocycles. The highest BCUT2D eigenvalue weighted by Crippen LogP contribution is 2.35. The maximum absolute atomic E-state index is 13.5. The van der Waals surface area contributed by atoms with E-state index in [0.717, 1.165) is 5.69 Å². The van der Waals surface area contributed by atoms with E-state index in [-0.39, 0.29) is 11.9 Å². The lowest BCUT2D eigenvalue weighted by Gasteiger charge is -2.11. The Morgan fingerprint density at radius 1 is 0.889 bits per heavy atom. The first kappa shape index (κ1) is 24.3. The molecular weight excluding hydrogens is 458 g/mol. The normalized spacial score (nSPS) is 10.4. The first-order valence-corrected chi connectivity index (χ1v) is 11.4. The monoisotopic (exact) mass is 485 g/mol. The van der Waals surface area contributed by atoms with Gasteiger partial charge in [0.2, 0.25) is 0 Å². The van der Waals surface area contributed by atoms with Crippen LogP contribution in [0.3, 0.4) is 0 Å². The molecule has 3 amide bonds. The van der Waals surface area contributed by atoms with Crippen LogP contribution in [0.5, 0.6) is 11.5 Å². The standard InChI is InChI=1S/C27H27N5O4/c1-4-28-27(34)30-19-10-8-9-18(15-19)29-26(33)23-17-32(20-11-6-5-7-12-20)31-25(23)22-16-21(35-2)13-14-24(22)36-3/h5-17H,4H2,1-3H3,(H,29,33)(H2,28,30,34). The SMILES string of the molecule is CCNC(=O)Nc1cccc(NC(=O)c2cn(-c3ccccc3)nc2-c2cc(OC)ccc2OC)c1. The van der Waals surface area contributed by atoms with Crippen LogP contribution in [-0.2, 0) is 0 Å². The van der Waals surface area contributed by atoms with Gasteiger partial charge in [-0.1, -0.05) is 24.3 Å². The van der Waals surface area contributed by atoms with Gasteiger partial charge < -0.3 is 25.4 Å². The zero-order valence-corrected chi connectivity index (χ0v) is 20.2. The fraction of sp³-hybridized carbons (Fsp3) is 0.148. The first-order chi connectivity index (χ1) is 17.5. The Kier molecular flexibility index (Phi) is 7.50. The number of carbonyl (C=O) groups is 2. The molecule has 9 heteroatoms. The topological polar surface area (TPSA) is 107 Å². The van der Waals surface area contributed by atoms with Gasteiger partial charge in [0.25, 0.3) is 5.91 Å². The van der Waals surface area contributed by atoms with E-state index in [1.54, 1.807) is 67.6 Å². The van der Waals surface area contributed by atoms with Gasteiger partial charge in [0.05, 0.1) is 25.5 Å². The number of methoxy groups -OCH3 is 2. The Hall–Kier alpha value is -4.79. The molecule has 3 aromatic carbocycles. The number of benzene rings is 3. The Labute approximate surface area is 209 Å². The number of ether oxygens (including phenoxy) is 2. The van der Waals surface area contributed by atoms with Crippen LogP contribution in [0, 0.1) is 0 Å². The van der Waals surface area contributed by atoms with Crippen LogP contribution in [0.15, 0.2) is 79.0 Å². The summed E-state index contributed by atoms with van der Waals surface area (Å²) in [4.78, 5) is 25.4. The molecule has 0 saturated carbocycles. The van der Waals surface area contributed by atoms with Crippen LogP contribution >= 0.6 is 0 Å². The summed E-state index contributed by atoms with van der Waals surface area (Å²) >= 11 is 0. The summed E-state index contributed by atoms with van der Waals surface area (Å²) in [6.07, 6.45) is 1.68. The predicted molar refractivity (Wildman–Crippen MR) is 139 cm³/mol. The molecule has 9 nitrogen and oxygen atoms in total. The number of carbonyl (C=O) groups excluding carboxylic acids is 2. The van der Waals surface area contributed by atoms with Gasteiger partial charge in [-0.3, -0.25) is 4.79 Å². The zero-order chi connectivity index (χ0) is 25.5. The minimum atomic E-state index is -0.368. The van der Waals surface area contributed by atoms with Crippen molar-refractivity contribution in [1.29, 1.82) is 0 Å². The van der Waals surface area contributed by atoms with E-state index >= 15 is 0 Å². The van der Waals surface area contributed by atoms with Crippen molar-refractivity contribution in [2.45, 2.75) is 6.92 Å². The molecule has 0 fully saturated rings. The molecule has 3 N–H and O–H groups in total. The average Bonchev–Trinajstić information content (AvgIpc) is 3.35. The van der Waals surface area contributed by atoms with Gasteiger partial charge in [0, 0.05) is 29.7 Å². The fourth-order valence-corrected chi connectivity index (χ4v) is 3.66. The van der Waals surface area contributed by atoms with Crippen molar-refractivity contribution in [2.24, 2.45) is 0 Å². The van der Waals surface area contributed by atoms with Gasteiger partial charge in [-0.25, -0.2) is 9.48 Å². The van der Waals surface area contributed by atoms with Gasteiger partial charge in [-0.05, 0) is 55.5 Å². The quantitative estimate of drug-likeness (QED) is 0.327. The van der Waals surface area contributed by atoms with E-state index in [9.17, 15) is 9.59 Å². The van der Waals surface area contributed by atoms with Gasteiger partial charge in [0.1, 0.15) is 17.2 Å². The van der Waals surface area contributed by atoms with Crippen molar-refractivity contribution in [3.63, 3.8) is 0 Å². The van der Waals surface area contributed by atoms with Crippen LogP contribution < -0.4 is 25.4 Å². The molecule has 0 unspecified atom stereocenters. The molecule has 4 aromatic rings. The highest BCUT2D eigenvalue weighted by Gasteiger charge is 2.22. The Morgan fingerprint density at radius 3 is 2.33 bits per heavy atom. The number of nitrogens with one attached hydrogen (secondary N) is 3.